The Morgan fingerprint density at radius 3 is 2.00 bits per heavy atom. The highest BCUT2D eigenvalue weighted by molar-refractivity contribution is 5.05. The maximum absolute atomic E-state index is 4.27. The minimum atomic E-state index is 0.459. The van der Waals surface area contributed by atoms with E-state index in [0.29, 0.717) is 5.54 Å². The Morgan fingerprint density at radius 2 is 1.26 bits per heavy atom. The lowest BCUT2D eigenvalue weighted by Crippen LogP contribution is -2.63. The van der Waals surface area contributed by atoms with Crippen molar-refractivity contribution in [3.8, 4) is 0 Å². The second kappa shape index (κ2) is 7.06. The molecule has 1 heteroatoms. The van der Waals surface area contributed by atoms with E-state index in [1.807, 2.05) is 0 Å². The summed E-state index contributed by atoms with van der Waals surface area (Å²) in [5.74, 6) is 4.10. The summed E-state index contributed by atoms with van der Waals surface area (Å²) in [6, 6.07) is 0.858. The van der Waals surface area contributed by atoms with Crippen molar-refractivity contribution in [2.75, 3.05) is 0 Å². The van der Waals surface area contributed by atoms with Gasteiger partial charge < -0.3 is 5.32 Å². The molecule has 0 radical (unpaired) electrons. The molecule has 0 aromatic heterocycles. The van der Waals surface area contributed by atoms with Crippen LogP contribution in [0.1, 0.15) is 103 Å². The van der Waals surface area contributed by atoms with Gasteiger partial charge in [0.25, 0.3) is 0 Å². The molecule has 4 fully saturated rings. The molecule has 1 heterocycles. The predicted octanol–water partition coefficient (Wildman–Crippen LogP) is 6.07. The summed E-state index contributed by atoms with van der Waals surface area (Å²) >= 11 is 0. The summed E-state index contributed by atoms with van der Waals surface area (Å²) in [7, 11) is 0. The standard InChI is InChI=1S/C22H39N/c1-22(18-12-6-3-7-13-18)16-20(17-10-4-2-5-11-17)19-14-8-9-15-21(19)23-22/h17-21,23H,2-16H2,1H3. The molecule has 1 N–H and O–H groups in total. The maximum Gasteiger partial charge on any atom is 0.0187 e. The Morgan fingerprint density at radius 1 is 0.652 bits per heavy atom. The number of fused-ring (bicyclic) bond motifs is 1. The third-order valence-electron chi connectivity index (χ3n) is 8.31. The third-order valence-corrected chi connectivity index (χ3v) is 8.31. The first-order chi connectivity index (χ1) is 11.3. The molecule has 0 amide bonds. The largest absolute Gasteiger partial charge is 0.308 e. The summed E-state index contributed by atoms with van der Waals surface area (Å²) in [5.41, 5.74) is 0.459. The average molecular weight is 318 g/mol. The Hall–Kier alpha value is -0.0400. The van der Waals surface area contributed by atoms with Crippen LogP contribution in [0.15, 0.2) is 0 Å². The quantitative estimate of drug-likeness (QED) is 0.651. The molecule has 1 nitrogen and oxygen atoms in total. The van der Waals surface area contributed by atoms with E-state index in [4.69, 9.17) is 0 Å². The first kappa shape index (κ1) is 16.4. The molecule has 4 atom stereocenters. The van der Waals surface area contributed by atoms with Crippen molar-refractivity contribution in [2.45, 2.75) is 115 Å². The molecule has 4 unspecified atom stereocenters. The molecule has 132 valence electrons. The van der Waals surface area contributed by atoms with Crippen LogP contribution in [-0.2, 0) is 0 Å². The van der Waals surface area contributed by atoms with E-state index in [-0.39, 0.29) is 0 Å². The Labute approximate surface area is 144 Å². The molecule has 4 rings (SSSR count). The molecular formula is C22H39N. The van der Waals surface area contributed by atoms with Crippen molar-refractivity contribution >= 4 is 0 Å². The van der Waals surface area contributed by atoms with Crippen LogP contribution in [0.3, 0.4) is 0 Å². The van der Waals surface area contributed by atoms with Gasteiger partial charge in [0.15, 0.2) is 0 Å². The number of nitrogens with one attached hydrogen (secondary N) is 1. The van der Waals surface area contributed by atoms with Gasteiger partial charge in [-0.2, -0.15) is 0 Å². The SMILES string of the molecule is CC1(C2CCCCC2)CC(C2CCCCC2)C2CCCCC2N1. The first-order valence-corrected chi connectivity index (χ1v) is 11.0. The fourth-order valence-corrected chi connectivity index (χ4v) is 7.08. The lowest BCUT2D eigenvalue weighted by Gasteiger charge is -2.56. The molecular weight excluding hydrogens is 278 g/mol. The second-order valence-corrected chi connectivity index (χ2v) is 9.72. The van der Waals surface area contributed by atoms with Gasteiger partial charge in [-0.25, -0.2) is 0 Å². The average Bonchev–Trinajstić information content (AvgIpc) is 2.62. The lowest BCUT2D eigenvalue weighted by atomic mass is 9.58. The minimum Gasteiger partial charge on any atom is -0.308 e. The molecule has 3 aliphatic carbocycles. The molecule has 1 aliphatic heterocycles. The van der Waals surface area contributed by atoms with Crippen LogP contribution < -0.4 is 5.32 Å². The molecule has 1 saturated heterocycles. The highest BCUT2D eigenvalue weighted by atomic mass is 15.0. The number of hydrogen-bond donors (Lipinski definition) is 1. The monoisotopic (exact) mass is 317 g/mol. The Balaban J connectivity index is 1.54. The highest BCUT2D eigenvalue weighted by Crippen LogP contribution is 2.50. The lowest BCUT2D eigenvalue weighted by molar-refractivity contribution is -0.00904. The number of piperidine rings is 1. The molecule has 23 heavy (non-hydrogen) atoms. The van der Waals surface area contributed by atoms with Crippen LogP contribution in [0.5, 0.6) is 0 Å². The fraction of sp³-hybridized carbons (Fsp3) is 1.00. The molecule has 0 aromatic rings. The van der Waals surface area contributed by atoms with Crippen molar-refractivity contribution in [3.05, 3.63) is 0 Å². The highest BCUT2D eigenvalue weighted by Gasteiger charge is 2.49. The minimum absolute atomic E-state index is 0.459. The van der Waals surface area contributed by atoms with Crippen LogP contribution in [-0.4, -0.2) is 11.6 Å². The first-order valence-electron chi connectivity index (χ1n) is 11.0. The Bertz CT molecular complexity index is 379. The van der Waals surface area contributed by atoms with E-state index in [2.05, 4.69) is 12.2 Å². The van der Waals surface area contributed by atoms with Gasteiger partial charge in [-0.3, -0.25) is 0 Å². The van der Waals surface area contributed by atoms with Gasteiger partial charge in [0.2, 0.25) is 0 Å². The van der Waals surface area contributed by atoms with Gasteiger partial charge >= 0.3 is 0 Å². The van der Waals surface area contributed by atoms with Crippen molar-refractivity contribution in [1.29, 1.82) is 0 Å². The van der Waals surface area contributed by atoms with Gasteiger partial charge in [-0.1, -0.05) is 64.2 Å². The van der Waals surface area contributed by atoms with Crippen LogP contribution in [0.4, 0.5) is 0 Å². The molecule has 0 spiro atoms. The third kappa shape index (κ3) is 3.37. The van der Waals surface area contributed by atoms with E-state index < -0.39 is 0 Å². The van der Waals surface area contributed by atoms with Crippen molar-refractivity contribution < 1.29 is 0 Å². The van der Waals surface area contributed by atoms with Gasteiger partial charge in [0.05, 0.1) is 0 Å². The molecule has 4 aliphatic rings. The Kier molecular flexibility index (Phi) is 5.04. The molecule has 3 saturated carbocycles. The van der Waals surface area contributed by atoms with Gasteiger partial charge in [-0.15, -0.1) is 0 Å². The zero-order chi connectivity index (χ0) is 15.7. The zero-order valence-corrected chi connectivity index (χ0v) is 15.5. The van der Waals surface area contributed by atoms with Gasteiger partial charge in [0, 0.05) is 11.6 Å². The van der Waals surface area contributed by atoms with Crippen LogP contribution >= 0.6 is 0 Å². The zero-order valence-electron chi connectivity index (χ0n) is 15.5. The van der Waals surface area contributed by atoms with E-state index >= 15 is 0 Å². The number of hydrogen-bond acceptors (Lipinski definition) is 1. The summed E-state index contributed by atoms with van der Waals surface area (Å²) in [5, 5.41) is 4.27. The molecule has 0 aromatic carbocycles. The number of rotatable bonds is 2. The van der Waals surface area contributed by atoms with Crippen LogP contribution in [0.25, 0.3) is 0 Å². The molecule has 0 bridgehead atoms. The topological polar surface area (TPSA) is 12.0 Å². The smallest absolute Gasteiger partial charge is 0.0187 e. The van der Waals surface area contributed by atoms with E-state index in [0.717, 1.165) is 29.7 Å². The fourth-order valence-electron chi connectivity index (χ4n) is 7.08. The summed E-state index contributed by atoms with van der Waals surface area (Å²) < 4.78 is 0. The van der Waals surface area contributed by atoms with Gasteiger partial charge in [0.1, 0.15) is 0 Å². The van der Waals surface area contributed by atoms with Crippen molar-refractivity contribution in [1.82, 2.24) is 5.32 Å². The van der Waals surface area contributed by atoms with E-state index in [1.54, 1.807) is 12.8 Å². The van der Waals surface area contributed by atoms with Crippen molar-refractivity contribution in [2.24, 2.45) is 23.7 Å². The normalized spacial score (nSPS) is 44.0. The van der Waals surface area contributed by atoms with E-state index in [9.17, 15) is 0 Å². The second-order valence-electron chi connectivity index (χ2n) is 9.72. The van der Waals surface area contributed by atoms with E-state index in [1.165, 1.54) is 83.5 Å². The van der Waals surface area contributed by atoms with Crippen molar-refractivity contribution in [3.63, 3.8) is 0 Å². The van der Waals surface area contributed by atoms with Crippen LogP contribution in [0.2, 0.25) is 0 Å². The summed E-state index contributed by atoms with van der Waals surface area (Å²) in [4.78, 5) is 0. The summed E-state index contributed by atoms with van der Waals surface area (Å²) in [6.07, 6.45) is 22.6. The van der Waals surface area contributed by atoms with Gasteiger partial charge in [-0.05, 0) is 62.7 Å². The maximum atomic E-state index is 4.27. The predicted molar refractivity (Wildman–Crippen MR) is 98.5 cm³/mol. The van der Waals surface area contributed by atoms with Crippen LogP contribution in [0, 0.1) is 23.7 Å². The summed E-state index contributed by atoms with van der Waals surface area (Å²) in [6.45, 7) is 2.63.